The van der Waals surface area contributed by atoms with E-state index in [2.05, 4.69) is 26.2 Å². The van der Waals surface area contributed by atoms with Gasteiger partial charge in [-0.05, 0) is 49.7 Å². The lowest BCUT2D eigenvalue weighted by Crippen LogP contribution is -2.41. The first kappa shape index (κ1) is 19.6. The number of hydrogen-bond acceptors (Lipinski definition) is 7. The summed E-state index contributed by atoms with van der Waals surface area (Å²) in [6.07, 6.45) is 10.3. The predicted octanol–water partition coefficient (Wildman–Crippen LogP) is 3.74. The van der Waals surface area contributed by atoms with E-state index in [1.54, 1.807) is 11.8 Å². The Morgan fingerprint density at radius 2 is 2.03 bits per heavy atom. The van der Waals surface area contributed by atoms with E-state index in [1.807, 2.05) is 31.6 Å². The number of nitrogens with two attached hydrogens (primary N) is 1. The summed E-state index contributed by atoms with van der Waals surface area (Å²) in [7, 11) is 0. The zero-order chi connectivity index (χ0) is 20.7. The van der Waals surface area contributed by atoms with Crippen molar-refractivity contribution in [3.8, 4) is 0 Å². The van der Waals surface area contributed by atoms with Crippen LogP contribution in [0.15, 0.2) is 34.4 Å². The second-order valence-electron chi connectivity index (χ2n) is 8.40. The number of anilines is 2. The van der Waals surface area contributed by atoms with Crippen molar-refractivity contribution < 1.29 is 4.74 Å². The van der Waals surface area contributed by atoms with Gasteiger partial charge in [0.1, 0.15) is 5.82 Å². The number of rotatable bonds is 4. The highest BCUT2D eigenvalue weighted by molar-refractivity contribution is 7.99. The van der Waals surface area contributed by atoms with Crippen molar-refractivity contribution in [1.82, 2.24) is 19.4 Å². The fraction of sp³-hybridized carbons (Fsp3) is 0.500. The minimum atomic E-state index is 0.385. The third kappa shape index (κ3) is 3.41. The van der Waals surface area contributed by atoms with Gasteiger partial charge >= 0.3 is 0 Å². The molecule has 1 spiro atoms. The third-order valence-electron chi connectivity index (χ3n) is 6.55. The molecule has 0 saturated carbocycles. The van der Waals surface area contributed by atoms with E-state index in [1.165, 1.54) is 12.0 Å². The fourth-order valence-corrected chi connectivity index (χ4v) is 5.93. The summed E-state index contributed by atoms with van der Waals surface area (Å²) in [5.74, 6) is 1.52. The quantitative estimate of drug-likeness (QED) is 0.683. The minimum Gasteiger partial charge on any atom is -0.384 e. The van der Waals surface area contributed by atoms with Crippen molar-refractivity contribution in [2.45, 2.75) is 49.3 Å². The third-order valence-corrected chi connectivity index (χ3v) is 7.64. The molecule has 3 aromatic rings. The molecular formula is C22H28N6OS. The molecule has 5 rings (SSSR count). The standard InChI is InChI=1S/C22H28N6OS/c1-3-16-15(2)26-19(23)12-17(16)30-18-13-25-21(28-10-7-24-20(18)28)27-8-4-22(5-9-27)6-11-29-14-22/h7,10,12-13H,3-6,8-9,11,14H2,1-2H3,(H2,23,26). The van der Waals surface area contributed by atoms with Crippen LogP contribution in [0.2, 0.25) is 0 Å². The van der Waals surface area contributed by atoms with Crippen LogP contribution in [0.1, 0.15) is 37.4 Å². The van der Waals surface area contributed by atoms with Crippen LogP contribution in [-0.4, -0.2) is 45.7 Å². The van der Waals surface area contributed by atoms with Gasteiger partial charge in [-0.1, -0.05) is 18.7 Å². The van der Waals surface area contributed by atoms with Crippen LogP contribution in [0.4, 0.5) is 11.8 Å². The highest BCUT2D eigenvalue weighted by Crippen LogP contribution is 2.40. The van der Waals surface area contributed by atoms with Crippen molar-refractivity contribution in [2.24, 2.45) is 5.41 Å². The van der Waals surface area contributed by atoms with Gasteiger partial charge in [-0.25, -0.2) is 15.0 Å². The van der Waals surface area contributed by atoms with Gasteiger partial charge in [-0.2, -0.15) is 0 Å². The number of hydrogen-bond donors (Lipinski definition) is 1. The highest BCUT2D eigenvalue weighted by atomic mass is 32.2. The molecule has 30 heavy (non-hydrogen) atoms. The van der Waals surface area contributed by atoms with Crippen LogP contribution in [0.5, 0.6) is 0 Å². The molecule has 2 saturated heterocycles. The monoisotopic (exact) mass is 424 g/mol. The summed E-state index contributed by atoms with van der Waals surface area (Å²) in [5, 5.41) is 0. The van der Waals surface area contributed by atoms with Gasteiger partial charge in [-0.15, -0.1) is 0 Å². The molecule has 3 aromatic heterocycles. The molecule has 0 bridgehead atoms. The molecule has 2 aliphatic heterocycles. The smallest absolute Gasteiger partial charge is 0.211 e. The van der Waals surface area contributed by atoms with Crippen molar-refractivity contribution >= 4 is 29.2 Å². The summed E-state index contributed by atoms with van der Waals surface area (Å²) in [4.78, 5) is 18.5. The summed E-state index contributed by atoms with van der Waals surface area (Å²) >= 11 is 1.67. The van der Waals surface area contributed by atoms with Crippen LogP contribution in [0, 0.1) is 12.3 Å². The predicted molar refractivity (Wildman–Crippen MR) is 119 cm³/mol. The molecule has 2 fully saturated rings. The molecule has 0 aromatic carbocycles. The maximum atomic E-state index is 6.02. The van der Waals surface area contributed by atoms with Gasteiger partial charge in [0, 0.05) is 48.9 Å². The Bertz CT molecular complexity index is 1060. The molecule has 0 radical (unpaired) electrons. The van der Waals surface area contributed by atoms with E-state index >= 15 is 0 Å². The molecule has 0 aliphatic carbocycles. The molecule has 158 valence electrons. The molecule has 8 heteroatoms. The fourth-order valence-electron chi connectivity index (χ4n) is 4.75. The number of nitrogens with zero attached hydrogens (tertiary/aromatic N) is 5. The Labute approximate surface area is 181 Å². The van der Waals surface area contributed by atoms with E-state index in [-0.39, 0.29) is 0 Å². The summed E-state index contributed by atoms with van der Waals surface area (Å²) in [6, 6.07) is 1.96. The zero-order valence-corrected chi connectivity index (χ0v) is 18.4. The molecule has 0 amide bonds. The van der Waals surface area contributed by atoms with Gasteiger partial charge in [0.2, 0.25) is 5.95 Å². The highest BCUT2D eigenvalue weighted by Gasteiger charge is 2.38. The number of aryl methyl sites for hydroxylation is 1. The van der Waals surface area contributed by atoms with Gasteiger partial charge in [-0.3, -0.25) is 4.40 Å². The molecular weight excluding hydrogens is 396 g/mol. The topological polar surface area (TPSA) is 81.6 Å². The zero-order valence-electron chi connectivity index (χ0n) is 17.6. The van der Waals surface area contributed by atoms with Crippen LogP contribution >= 0.6 is 11.8 Å². The number of nitrogen functional groups attached to an aromatic ring is 1. The lowest BCUT2D eigenvalue weighted by molar-refractivity contribution is 0.133. The summed E-state index contributed by atoms with van der Waals surface area (Å²) < 4.78 is 7.80. The lowest BCUT2D eigenvalue weighted by Gasteiger charge is -2.38. The van der Waals surface area contributed by atoms with Crippen molar-refractivity contribution in [3.63, 3.8) is 0 Å². The molecule has 5 heterocycles. The van der Waals surface area contributed by atoms with E-state index in [9.17, 15) is 0 Å². The second kappa shape index (κ2) is 7.74. The first-order valence-corrected chi connectivity index (χ1v) is 11.5. The second-order valence-corrected chi connectivity index (χ2v) is 9.48. The molecule has 2 N–H and O–H groups in total. The Hall–Kier alpha value is -2.32. The van der Waals surface area contributed by atoms with Crippen molar-refractivity contribution in [2.75, 3.05) is 36.9 Å². The average molecular weight is 425 g/mol. The van der Waals surface area contributed by atoms with Crippen molar-refractivity contribution in [3.05, 3.63) is 35.9 Å². The maximum absolute atomic E-state index is 6.02. The Morgan fingerprint density at radius 3 is 2.77 bits per heavy atom. The van der Waals surface area contributed by atoms with Crippen LogP contribution in [0.3, 0.4) is 0 Å². The van der Waals surface area contributed by atoms with E-state index in [0.29, 0.717) is 11.2 Å². The summed E-state index contributed by atoms with van der Waals surface area (Å²) in [6.45, 7) is 8.01. The van der Waals surface area contributed by atoms with E-state index in [4.69, 9.17) is 15.5 Å². The average Bonchev–Trinajstić information content (AvgIpc) is 3.39. The number of aromatic nitrogens is 4. The van der Waals surface area contributed by atoms with Gasteiger partial charge in [0.25, 0.3) is 0 Å². The number of ether oxygens (including phenoxy) is 1. The number of piperidine rings is 1. The van der Waals surface area contributed by atoms with Crippen LogP contribution in [-0.2, 0) is 11.2 Å². The first-order chi connectivity index (χ1) is 14.6. The Morgan fingerprint density at radius 1 is 1.20 bits per heavy atom. The first-order valence-electron chi connectivity index (χ1n) is 10.7. The number of pyridine rings is 1. The normalized spacial score (nSPS) is 18.5. The van der Waals surface area contributed by atoms with E-state index in [0.717, 1.165) is 72.6 Å². The molecule has 0 atom stereocenters. The molecule has 7 nitrogen and oxygen atoms in total. The van der Waals surface area contributed by atoms with E-state index < -0.39 is 0 Å². The number of imidazole rings is 1. The number of fused-ring (bicyclic) bond motifs is 1. The van der Waals surface area contributed by atoms with Crippen molar-refractivity contribution in [1.29, 1.82) is 0 Å². The summed E-state index contributed by atoms with van der Waals surface area (Å²) in [5.41, 5.74) is 9.56. The maximum Gasteiger partial charge on any atom is 0.211 e. The SMILES string of the molecule is CCc1c(Sc2cnc(N3CCC4(CCOC4)CC3)n3ccnc23)cc(N)nc1C. The molecule has 2 aliphatic rings. The minimum absolute atomic E-state index is 0.385. The largest absolute Gasteiger partial charge is 0.384 e. The van der Waals surface area contributed by atoms with Gasteiger partial charge < -0.3 is 15.4 Å². The van der Waals surface area contributed by atoms with Crippen LogP contribution in [0.25, 0.3) is 5.65 Å². The Balaban J connectivity index is 1.44. The van der Waals surface area contributed by atoms with Gasteiger partial charge in [0.05, 0.1) is 11.5 Å². The molecule has 0 unspecified atom stereocenters. The van der Waals surface area contributed by atoms with Gasteiger partial charge in [0.15, 0.2) is 5.65 Å². The lowest BCUT2D eigenvalue weighted by atomic mass is 9.78. The van der Waals surface area contributed by atoms with Crippen LogP contribution < -0.4 is 10.6 Å². The Kier molecular flexibility index (Phi) is 5.06.